The van der Waals surface area contributed by atoms with Crippen molar-refractivity contribution in [2.75, 3.05) is 11.5 Å². The topological polar surface area (TPSA) is 93.4 Å². The molecular formula is C18H22N4O3S. The molecule has 0 saturated carbocycles. The minimum atomic E-state index is -2.98. The van der Waals surface area contributed by atoms with Crippen LogP contribution in [0, 0.1) is 20.8 Å². The number of aryl methyl sites for hydroxylation is 2. The summed E-state index contributed by atoms with van der Waals surface area (Å²) < 4.78 is 25.2. The van der Waals surface area contributed by atoms with E-state index in [-0.39, 0.29) is 23.5 Å². The fourth-order valence-corrected chi connectivity index (χ4v) is 4.92. The van der Waals surface area contributed by atoms with Gasteiger partial charge in [-0.25, -0.2) is 13.8 Å². The minimum Gasteiger partial charge on any atom is -0.267 e. The highest BCUT2D eigenvalue weighted by Gasteiger charge is 2.31. The van der Waals surface area contributed by atoms with Crippen LogP contribution in [0.15, 0.2) is 29.4 Å². The lowest BCUT2D eigenvalue weighted by atomic mass is 10.1. The third-order valence-corrected chi connectivity index (χ3v) is 6.44. The van der Waals surface area contributed by atoms with E-state index in [4.69, 9.17) is 0 Å². The fourth-order valence-electron chi connectivity index (χ4n) is 3.23. The lowest BCUT2D eigenvalue weighted by molar-refractivity contribution is 0.0954. The van der Waals surface area contributed by atoms with Gasteiger partial charge in [0.2, 0.25) is 0 Å². The average Bonchev–Trinajstić information content (AvgIpc) is 3.08. The van der Waals surface area contributed by atoms with Gasteiger partial charge in [0.25, 0.3) is 5.91 Å². The van der Waals surface area contributed by atoms with E-state index in [1.54, 1.807) is 23.0 Å². The van der Waals surface area contributed by atoms with Gasteiger partial charge in [-0.15, -0.1) is 0 Å². The predicted octanol–water partition coefficient (Wildman–Crippen LogP) is 1.93. The number of carbonyl (C=O) groups is 1. The Morgan fingerprint density at radius 1 is 1.31 bits per heavy atom. The molecule has 0 radical (unpaired) electrons. The van der Waals surface area contributed by atoms with Crippen molar-refractivity contribution in [3.8, 4) is 0 Å². The maximum Gasteiger partial charge on any atom is 0.271 e. The smallest absolute Gasteiger partial charge is 0.267 e. The summed E-state index contributed by atoms with van der Waals surface area (Å²) in [6.45, 7) is 5.60. The SMILES string of the molecule is Cc1ccccc1C(=O)N/N=C\c1c(C)nn([C@H]2CCS(=O)(=O)C2)c1C. The molecule has 1 aliphatic rings. The summed E-state index contributed by atoms with van der Waals surface area (Å²) in [6.07, 6.45) is 2.14. The molecule has 2 aromatic rings. The fraction of sp³-hybridized carbons (Fsp3) is 0.389. The maximum atomic E-state index is 12.2. The van der Waals surface area contributed by atoms with E-state index >= 15 is 0 Å². The molecule has 0 bridgehead atoms. The van der Waals surface area contributed by atoms with E-state index in [0.717, 1.165) is 22.5 Å². The number of aromatic nitrogens is 2. The zero-order valence-corrected chi connectivity index (χ0v) is 15.9. The van der Waals surface area contributed by atoms with E-state index in [1.807, 2.05) is 32.9 Å². The largest absolute Gasteiger partial charge is 0.271 e. The monoisotopic (exact) mass is 374 g/mol. The van der Waals surface area contributed by atoms with Crippen molar-refractivity contribution in [2.24, 2.45) is 5.10 Å². The first-order valence-electron chi connectivity index (χ1n) is 8.43. The highest BCUT2D eigenvalue weighted by atomic mass is 32.2. The van der Waals surface area contributed by atoms with Gasteiger partial charge in [-0.2, -0.15) is 10.2 Å². The molecule has 0 spiro atoms. The summed E-state index contributed by atoms with van der Waals surface area (Å²) in [5.74, 6) is 0.0468. The molecule has 2 heterocycles. The zero-order valence-electron chi connectivity index (χ0n) is 15.1. The van der Waals surface area contributed by atoms with Crippen LogP contribution in [0.4, 0.5) is 0 Å². The number of nitrogens with zero attached hydrogens (tertiary/aromatic N) is 3. The first-order chi connectivity index (χ1) is 12.3. The van der Waals surface area contributed by atoms with Gasteiger partial charge in [0.1, 0.15) is 0 Å². The summed E-state index contributed by atoms with van der Waals surface area (Å²) in [5, 5.41) is 8.53. The van der Waals surface area contributed by atoms with Gasteiger partial charge >= 0.3 is 0 Å². The summed E-state index contributed by atoms with van der Waals surface area (Å²) >= 11 is 0. The van der Waals surface area contributed by atoms with E-state index in [2.05, 4.69) is 15.6 Å². The lowest BCUT2D eigenvalue weighted by Crippen LogP contribution is -2.18. The minimum absolute atomic E-state index is 0.121. The molecule has 138 valence electrons. The quantitative estimate of drug-likeness (QED) is 0.654. The van der Waals surface area contributed by atoms with Crippen LogP contribution in [0.1, 0.15) is 45.3 Å². The van der Waals surface area contributed by atoms with Gasteiger partial charge in [0, 0.05) is 16.8 Å². The number of hydrogen-bond acceptors (Lipinski definition) is 5. The normalized spacial score (nSPS) is 19.1. The Kier molecular flexibility index (Phi) is 4.95. The Labute approximate surface area is 153 Å². The Morgan fingerprint density at radius 2 is 2.04 bits per heavy atom. The van der Waals surface area contributed by atoms with Crippen LogP contribution in [-0.4, -0.2) is 41.8 Å². The molecule has 1 amide bonds. The number of carbonyl (C=O) groups excluding carboxylic acids is 1. The summed E-state index contributed by atoms with van der Waals surface area (Å²) in [5.41, 5.74) is 6.37. The van der Waals surface area contributed by atoms with Crippen molar-refractivity contribution < 1.29 is 13.2 Å². The summed E-state index contributed by atoms with van der Waals surface area (Å²) in [6, 6.07) is 7.16. The van der Waals surface area contributed by atoms with Gasteiger partial charge in [-0.1, -0.05) is 18.2 Å². The van der Waals surface area contributed by atoms with Crippen LogP contribution in [0.25, 0.3) is 0 Å². The molecule has 1 saturated heterocycles. The number of benzene rings is 1. The van der Waals surface area contributed by atoms with Crippen molar-refractivity contribution in [3.63, 3.8) is 0 Å². The lowest BCUT2D eigenvalue weighted by Gasteiger charge is -2.10. The molecule has 1 aromatic carbocycles. The molecule has 0 unspecified atom stereocenters. The number of rotatable bonds is 4. The van der Waals surface area contributed by atoms with Gasteiger partial charge < -0.3 is 0 Å². The van der Waals surface area contributed by atoms with Crippen molar-refractivity contribution in [1.29, 1.82) is 0 Å². The molecule has 0 aliphatic carbocycles. The molecule has 8 heteroatoms. The second-order valence-corrected chi connectivity index (χ2v) is 8.83. The number of hydrogen-bond donors (Lipinski definition) is 1. The molecule has 1 aromatic heterocycles. The number of hydrazone groups is 1. The van der Waals surface area contributed by atoms with Crippen LogP contribution in [-0.2, 0) is 9.84 Å². The van der Waals surface area contributed by atoms with Gasteiger partial charge in [0.05, 0.1) is 29.5 Å². The number of sulfone groups is 1. The predicted molar refractivity (Wildman–Crippen MR) is 100 cm³/mol. The van der Waals surface area contributed by atoms with Crippen molar-refractivity contribution in [2.45, 2.75) is 33.2 Å². The molecule has 1 atom stereocenters. The molecule has 26 heavy (non-hydrogen) atoms. The first-order valence-corrected chi connectivity index (χ1v) is 10.3. The Bertz CT molecular complexity index is 976. The highest BCUT2D eigenvalue weighted by Crippen LogP contribution is 2.26. The van der Waals surface area contributed by atoms with Crippen LogP contribution < -0.4 is 5.43 Å². The van der Waals surface area contributed by atoms with Crippen molar-refractivity contribution >= 4 is 22.0 Å². The van der Waals surface area contributed by atoms with E-state index in [1.165, 1.54) is 0 Å². The molecule has 7 nitrogen and oxygen atoms in total. The second-order valence-electron chi connectivity index (χ2n) is 6.60. The average molecular weight is 374 g/mol. The molecule has 1 aliphatic heterocycles. The third-order valence-electron chi connectivity index (χ3n) is 4.68. The summed E-state index contributed by atoms with van der Waals surface area (Å²) in [7, 11) is -2.98. The van der Waals surface area contributed by atoms with E-state index in [0.29, 0.717) is 12.0 Å². The molecule has 1 N–H and O–H groups in total. The maximum absolute atomic E-state index is 12.2. The van der Waals surface area contributed by atoms with Crippen molar-refractivity contribution in [3.05, 3.63) is 52.3 Å². The Morgan fingerprint density at radius 3 is 2.69 bits per heavy atom. The van der Waals surface area contributed by atoms with Crippen LogP contribution in [0.3, 0.4) is 0 Å². The van der Waals surface area contributed by atoms with Crippen molar-refractivity contribution in [1.82, 2.24) is 15.2 Å². The van der Waals surface area contributed by atoms with Crippen LogP contribution in [0.2, 0.25) is 0 Å². The van der Waals surface area contributed by atoms with Crippen LogP contribution in [0.5, 0.6) is 0 Å². The Balaban J connectivity index is 1.75. The third kappa shape index (κ3) is 3.70. The van der Waals surface area contributed by atoms with Gasteiger partial charge in [-0.05, 0) is 38.8 Å². The second kappa shape index (κ2) is 7.03. The Hall–Kier alpha value is -2.48. The summed E-state index contributed by atoms with van der Waals surface area (Å²) in [4.78, 5) is 12.2. The zero-order chi connectivity index (χ0) is 18.9. The van der Waals surface area contributed by atoms with E-state index in [9.17, 15) is 13.2 Å². The molecule has 3 rings (SSSR count). The van der Waals surface area contributed by atoms with Crippen LogP contribution >= 0.6 is 0 Å². The highest BCUT2D eigenvalue weighted by molar-refractivity contribution is 7.91. The standard InChI is InChI=1S/C18H22N4O3S/c1-12-6-4-5-7-16(12)18(23)20-19-10-17-13(2)21-22(14(17)3)15-8-9-26(24,25)11-15/h4-7,10,15H,8-9,11H2,1-3H3,(H,20,23)/b19-10-/t15-/m0/s1. The molecular weight excluding hydrogens is 352 g/mol. The first kappa shape index (κ1) is 18.3. The molecule has 1 fully saturated rings. The van der Waals surface area contributed by atoms with Gasteiger partial charge in [0.15, 0.2) is 9.84 Å². The van der Waals surface area contributed by atoms with Gasteiger partial charge in [-0.3, -0.25) is 9.48 Å². The number of nitrogens with one attached hydrogen (secondary N) is 1. The van der Waals surface area contributed by atoms with E-state index < -0.39 is 9.84 Å². The number of amides is 1.